The summed E-state index contributed by atoms with van der Waals surface area (Å²) < 4.78 is 2.04. The smallest absolute Gasteiger partial charge is 0.154 e. The minimum absolute atomic E-state index is 0.102. The van der Waals surface area contributed by atoms with E-state index in [-0.39, 0.29) is 18.4 Å². The van der Waals surface area contributed by atoms with Crippen molar-refractivity contribution in [1.82, 2.24) is 24.5 Å². The number of carbonyl (C=O) groups excluding carboxylic acids is 1. The number of allylic oxidation sites excluding steroid dienone is 2. The standard InChI is InChI=1S/C21H23N5O2/c1-13(2)26-19-10-16(23-11-18(19)25-20(26)12-27)9-15-7-8-22-21(24-15)14-3-5-17(28)6-4-14/h3,7-8,10-11,13,27H,4-6,9,12H2,1-2H3. The molecule has 0 bridgehead atoms. The zero-order chi connectivity index (χ0) is 19.7. The Morgan fingerprint density at radius 3 is 2.75 bits per heavy atom. The highest BCUT2D eigenvalue weighted by atomic mass is 16.3. The van der Waals surface area contributed by atoms with Gasteiger partial charge in [-0.3, -0.25) is 9.78 Å². The summed E-state index contributed by atoms with van der Waals surface area (Å²) in [5, 5.41) is 9.60. The lowest BCUT2D eigenvalue weighted by molar-refractivity contribution is -0.118. The van der Waals surface area contributed by atoms with Gasteiger partial charge in [-0.25, -0.2) is 15.0 Å². The minimum Gasteiger partial charge on any atom is -0.388 e. The van der Waals surface area contributed by atoms with Crippen molar-refractivity contribution in [3.05, 3.63) is 53.6 Å². The third-order valence-corrected chi connectivity index (χ3v) is 4.98. The summed E-state index contributed by atoms with van der Waals surface area (Å²) in [6.45, 7) is 4.04. The van der Waals surface area contributed by atoms with Gasteiger partial charge in [-0.2, -0.15) is 0 Å². The number of hydrogen-bond acceptors (Lipinski definition) is 6. The van der Waals surface area contributed by atoms with Crippen LogP contribution in [-0.2, 0) is 17.8 Å². The summed E-state index contributed by atoms with van der Waals surface area (Å²) in [7, 11) is 0. The zero-order valence-corrected chi connectivity index (χ0v) is 16.1. The van der Waals surface area contributed by atoms with Crippen molar-refractivity contribution in [2.75, 3.05) is 0 Å². The average Bonchev–Trinajstić information content (AvgIpc) is 3.07. The Kier molecular flexibility index (Phi) is 5.00. The van der Waals surface area contributed by atoms with Gasteiger partial charge in [-0.05, 0) is 38.0 Å². The molecule has 3 aromatic rings. The number of imidazole rings is 1. The van der Waals surface area contributed by atoms with Crippen LogP contribution < -0.4 is 0 Å². The Bertz CT molecular complexity index is 1070. The van der Waals surface area contributed by atoms with E-state index in [1.165, 1.54) is 0 Å². The maximum Gasteiger partial charge on any atom is 0.154 e. The van der Waals surface area contributed by atoms with Crippen molar-refractivity contribution < 1.29 is 9.90 Å². The largest absolute Gasteiger partial charge is 0.388 e. The second-order valence-electron chi connectivity index (χ2n) is 7.33. The Morgan fingerprint density at radius 2 is 2.04 bits per heavy atom. The predicted octanol–water partition coefficient (Wildman–Crippen LogP) is 3.02. The number of aliphatic hydroxyl groups excluding tert-OH is 1. The van der Waals surface area contributed by atoms with Crippen LogP contribution in [0, 0.1) is 0 Å². The molecule has 0 atom stereocenters. The molecule has 1 N–H and O–H groups in total. The fourth-order valence-corrected chi connectivity index (χ4v) is 3.63. The fourth-order valence-electron chi connectivity index (χ4n) is 3.63. The van der Waals surface area contributed by atoms with E-state index in [2.05, 4.69) is 33.8 Å². The molecule has 7 nitrogen and oxygen atoms in total. The molecule has 3 heterocycles. The Balaban J connectivity index is 1.64. The van der Waals surface area contributed by atoms with Crippen LogP contribution in [0.1, 0.15) is 62.2 Å². The van der Waals surface area contributed by atoms with Crippen LogP contribution in [0.15, 0.2) is 30.6 Å². The molecular formula is C21H23N5O2. The van der Waals surface area contributed by atoms with Gasteiger partial charge in [0.2, 0.25) is 0 Å². The fraction of sp³-hybridized carbons (Fsp3) is 0.381. The second-order valence-corrected chi connectivity index (χ2v) is 7.33. The van der Waals surface area contributed by atoms with Gasteiger partial charge in [0, 0.05) is 37.2 Å². The Morgan fingerprint density at radius 1 is 1.18 bits per heavy atom. The monoisotopic (exact) mass is 377 g/mol. The van der Waals surface area contributed by atoms with E-state index in [1.807, 2.05) is 22.8 Å². The van der Waals surface area contributed by atoms with Crippen molar-refractivity contribution in [1.29, 1.82) is 0 Å². The molecule has 0 aromatic carbocycles. The first-order chi connectivity index (χ1) is 13.5. The molecule has 1 aliphatic carbocycles. The van der Waals surface area contributed by atoms with E-state index in [9.17, 15) is 9.90 Å². The van der Waals surface area contributed by atoms with Crippen LogP contribution in [0.4, 0.5) is 0 Å². The number of nitrogens with zero attached hydrogens (tertiary/aromatic N) is 5. The second kappa shape index (κ2) is 7.59. The van der Waals surface area contributed by atoms with E-state index in [0.29, 0.717) is 37.3 Å². The molecule has 0 radical (unpaired) electrons. The lowest BCUT2D eigenvalue weighted by Crippen LogP contribution is -2.07. The number of aliphatic hydroxyl groups is 1. The van der Waals surface area contributed by atoms with E-state index in [1.54, 1.807) is 12.4 Å². The van der Waals surface area contributed by atoms with Crippen molar-refractivity contribution in [2.45, 2.75) is 52.2 Å². The highest BCUT2D eigenvalue weighted by Gasteiger charge is 2.16. The first-order valence-corrected chi connectivity index (χ1v) is 9.54. The summed E-state index contributed by atoms with van der Waals surface area (Å²) in [4.78, 5) is 29.5. The number of ketones is 1. The number of hydrogen-bond donors (Lipinski definition) is 1. The summed E-state index contributed by atoms with van der Waals surface area (Å²) >= 11 is 0. The molecule has 0 aliphatic heterocycles. The van der Waals surface area contributed by atoms with Crippen LogP contribution in [0.2, 0.25) is 0 Å². The molecule has 144 valence electrons. The minimum atomic E-state index is -0.102. The molecule has 1 aliphatic rings. The lowest BCUT2D eigenvalue weighted by atomic mass is 9.98. The van der Waals surface area contributed by atoms with E-state index in [4.69, 9.17) is 0 Å². The number of carbonyl (C=O) groups is 1. The van der Waals surface area contributed by atoms with Gasteiger partial charge in [0.1, 0.15) is 23.7 Å². The van der Waals surface area contributed by atoms with Crippen LogP contribution in [0.3, 0.4) is 0 Å². The van der Waals surface area contributed by atoms with Gasteiger partial charge < -0.3 is 9.67 Å². The molecule has 28 heavy (non-hydrogen) atoms. The quantitative estimate of drug-likeness (QED) is 0.734. The first-order valence-electron chi connectivity index (χ1n) is 9.54. The van der Waals surface area contributed by atoms with Crippen molar-refractivity contribution in [3.63, 3.8) is 0 Å². The molecule has 0 saturated heterocycles. The third-order valence-electron chi connectivity index (χ3n) is 4.98. The zero-order valence-electron chi connectivity index (χ0n) is 16.1. The average molecular weight is 377 g/mol. The summed E-state index contributed by atoms with van der Waals surface area (Å²) in [6.07, 6.45) is 7.75. The van der Waals surface area contributed by atoms with Gasteiger partial charge in [0.25, 0.3) is 0 Å². The number of pyridine rings is 1. The van der Waals surface area contributed by atoms with Gasteiger partial charge in [0.15, 0.2) is 5.82 Å². The molecule has 0 unspecified atom stereocenters. The summed E-state index contributed by atoms with van der Waals surface area (Å²) in [6, 6.07) is 4.10. The van der Waals surface area contributed by atoms with Gasteiger partial charge in [0.05, 0.1) is 17.4 Å². The molecule has 0 amide bonds. The lowest BCUT2D eigenvalue weighted by Gasteiger charge is -2.12. The number of Topliss-reactive ketones (excluding diaryl/α,β-unsaturated/α-hetero) is 1. The summed E-state index contributed by atoms with van der Waals surface area (Å²) in [5.41, 5.74) is 4.55. The normalized spacial score (nSPS) is 14.7. The molecule has 0 spiro atoms. The Hall–Kier alpha value is -2.93. The summed E-state index contributed by atoms with van der Waals surface area (Å²) in [5.74, 6) is 1.61. The van der Waals surface area contributed by atoms with Gasteiger partial charge >= 0.3 is 0 Å². The third kappa shape index (κ3) is 3.57. The van der Waals surface area contributed by atoms with Gasteiger partial charge in [-0.1, -0.05) is 6.08 Å². The molecule has 0 saturated carbocycles. The molecule has 0 fully saturated rings. The van der Waals surface area contributed by atoms with E-state index in [0.717, 1.165) is 28.0 Å². The predicted molar refractivity (Wildman–Crippen MR) is 106 cm³/mol. The Labute approximate surface area is 163 Å². The van der Waals surface area contributed by atoms with Crippen LogP contribution in [-0.4, -0.2) is 35.4 Å². The van der Waals surface area contributed by atoms with Crippen LogP contribution in [0.5, 0.6) is 0 Å². The van der Waals surface area contributed by atoms with Crippen molar-refractivity contribution >= 4 is 22.4 Å². The topological polar surface area (TPSA) is 93.8 Å². The maximum atomic E-state index is 11.4. The van der Waals surface area contributed by atoms with E-state index >= 15 is 0 Å². The molecule has 4 rings (SSSR count). The van der Waals surface area contributed by atoms with Crippen molar-refractivity contribution in [3.8, 4) is 0 Å². The maximum absolute atomic E-state index is 11.4. The highest BCUT2D eigenvalue weighted by molar-refractivity contribution is 5.86. The number of aromatic nitrogens is 5. The van der Waals surface area contributed by atoms with Gasteiger partial charge in [-0.15, -0.1) is 0 Å². The molecule has 3 aromatic heterocycles. The number of fused-ring (bicyclic) bond motifs is 1. The van der Waals surface area contributed by atoms with E-state index < -0.39 is 0 Å². The molecule has 7 heteroatoms. The van der Waals surface area contributed by atoms with Crippen LogP contribution in [0.25, 0.3) is 16.6 Å². The first kappa shape index (κ1) is 18.4. The van der Waals surface area contributed by atoms with Crippen LogP contribution >= 0.6 is 0 Å². The SMILES string of the molecule is CC(C)n1c(CO)nc2cnc(Cc3ccnc(C4=CCC(=O)CC4)n3)cc21. The molecular weight excluding hydrogens is 354 g/mol. The number of rotatable bonds is 5. The highest BCUT2D eigenvalue weighted by Crippen LogP contribution is 2.24. The van der Waals surface area contributed by atoms with Crippen molar-refractivity contribution in [2.24, 2.45) is 0 Å².